The van der Waals surface area contributed by atoms with Gasteiger partial charge in [0, 0.05) is 19.2 Å². The van der Waals surface area contributed by atoms with E-state index in [4.69, 9.17) is 9.72 Å². The first-order valence-electron chi connectivity index (χ1n) is 10.3. The van der Waals surface area contributed by atoms with Crippen LogP contribution in [0.3, 0.4) is 0 Å². The number of anilines is 3. The average Bonchev–Trinajstić information content (AvgIpc) is 2.74. The highest BCUT2D eigenvalue weighted by Crippen LogP contribution is 2.34. The van der Waals surface area contributed by atoms with Gasteiger partial charge < -0.3 is 20.3 Å². The van der Waals surface area contributed by atoms with Crippen molar-refractivity contribution in [1.29, 1.82) is 0 Å². The molecule has 2 fully saturated rings. The summed E-state index contributed by atoms with van der Waals surface area (Å²) in [5, 5.41) is 6.85. The second-order valence-electron chi connectivity index (χ2n) is 8.00. The summed E-state index contributed by atoms with van der Waals surface area (Å²) in [6.07, 6.45) is 4.50. The predicted octanol–water partition coefficient (Wildman–Crippen LogP) is 3.51. The maximum absolute atomic E-state index is 5.76. The van der Waals surface area contributed by atoms with Gasteiger partial charge in [-0.3, -0.25) is 0 Å². The Bertz CT molecular complexity index is 1220. The number of ether oxygens (including phenoxy) is 1. The summed E-state index contributed by atoms with van der Waals surface area (Å²) in [6.45, 7) is 3.10. The van der Waals surface area contributed by atoms with Crippen LogP contribution in [0, 0.1) is 0 Å². The van der Waals surface area contributed by atoms with E-state index in [1.807, 2.05) is 54.6 Å². The van der Waals surface area contributed by atoms with Crippen molar-refractivity contribution in [2.45, 2.75) is 12.0 Å². The van der Waals surface area contributed by atoms with E-state index < -0.39 is 0 Å². The van der Waals surface area contributed by atoms with Gasteiger partial charge in [-0.2, -0.15) is 0 Å². The molecular weight excluding hydrogens is 390 g/mol. The second-order valence-corrected chi connectivity index (χ2v) is 8.00. The van der Waals surface area contributed by atoms with Crippen LogP contribution in [-0.2, 0) is 0 Å². The number of fused-ring (bicyclic) bond motifs is 1. The van der Waals surface area contributed by atoms with E-state index in [0.29, 0.717) is 17.2 Å². The molecule has 6 rings (SSSR count). The Morgan fingerprint density at radius 2 is 1.84 bits per heavy atom. The van der Waals surface area contributed by atoms with Crippen molar-refractivity contribution in [2.24, 2.45) is 0 Å². The number of hydrogen-bond acceptors (Lipinski definition) is 8. The minimum absolute atomic E-state index is 0.306. The Balaban J connectivity index is 1.22. The quantitative estimate of drug-likeness (QED) is 0.516. The van der Waals surface area contributed by atoms with E-state index in [9.17, 15) is 0 Å². The Morgan fingerprint density at radius 3 is 2.58 bits per heavy atom. The lowest BCUT2D eigenvalue weighted by atomic mass is 9.80. The van der Waals surface area contributed by atoms with E-state index in [2.05, 4.69) is 30.5 Å². The lowest BCUT2D eigenvalue weighted by molar-refractivity contribution is 0.159. The van der Waals surface area contributed by atoms with Crippen molar-refractivity contribution in [3.8, 4) is 11.6 Å². The number of hydrogen-bond donors (Lipinski definition) is 2. The van der Waals surface area contributed by atoms with Crippen LogP contribution in [0.25, 0.3) is 11.0 Å². The van der Waals surface area contributed by atoms with Crippen LogP contribution in [0.15, 0.2) is 67.1 Å². The zero-order valence-corrected chi connectivity index (χ0v) is 16.8. The number of benzene rings is 1. The van der Waals surface area contributed by atoms with Gasteiger partial charge in [0.1, 0.15) is 23.4 Å². The molecule has 0 atom stereocenters. The Morgan fingerprint density at radius 1 is 0.968 bits per heavy atom. The molecule has 2 N–H and O–H groups in total. The maximum Gasteiger partial charge on any atom is 0.219 e. The Labute approximate surface area is 179 Å². The molecule has 2 aliphatic heterocycles. The van der Waals surface area contributed by atoms with Crippen LogP contribution < -0.4 is 20.3 Å². The first-order valence-corrected chi connectivity index (χ1v) is 10.3. The molecule has 3 aromatic heterocycles. The van der Waals surface area contributed by atoms with Gasteiger partial charge in [-0.25, -0.2) is 19.9 Å². The molecular formula is C23H21N7O. The molecule has 2 saturated heterocycles. The van der Waals surface area contributed by atoms with E-state index in [1.165, 1.54) is 6.42 Å². The molecule has 8 nitrogen and oxygen atoms in total. The minimum Gasteiger partial charge on any atom is -0.439 e. The average molecular weight is 411 g/mol. The summed E-state index contributed by atoms with van der Waals surface area (Å²) >= 11 is 0. The largest absolute Gasteiger partial charge is 0.439 e. The fourth-order valence-electron chi connectivity index (χ4n) is 4.05. The third kappa shape index (κ3) is 3.40. The van der Waals surface area contributed by atoms with Crippen molar-refractivity contribution in [1.82, 2.24) is 25.3 Å². The van der Waals surface area contributed by atoms with Crippen LogP contribution >= 0.6 is 0 Å². The van der Waals surface area contributed by atoms with Crippen LogP contribution in [0.4, 0.5) is 17.3 Å². The summed E-state index contributed by atoms with van der Waals surface area (Å²) in [5.41, 5.74) is 2.65. The van der Waals surface area contributed by atoms with Crippen molar-refractivity contribution < 1.29 is 4.74 Å². The summed E-state index contributed by atoms with van der Waals surface area (Å²) in [5.74, 6) is 2.89. The first kappa shape index (κ1) is 18.0. The molecule has 1 aromatic carbocycles. The SMILES string of the molecule is c1ccc(Oc2ccc(Nc3ncnc4ccc(N5CC6(CCN6)C5)nc34)cn2)cc1. The molecule has 0 aliphatic carbocycles. The van der Waals surface area contributed by atoms with Crippen LogP contribution in [0.5, 0.6) is 11.6 Å². The molecule has 5 heterocycles. The van der Waals surface area contributed by atoms with Gasteiger partial charge in [-0.05, 0) is 43.3 Å². The normalized spacial score (nSPS) is 16.6. The van der Waals surface area contributed by atoms with Crippen LogP contribution in [0.1, 0.15) is 6.42 Å². The molecule has 1 spiro atoms. The van der Waals surface area contributed by atoms with Gasteiger partial charge in [0.2, 0.25) is 5.88 Å². The van der Waals surface area contributed by atoms with Gasteiger partial charge in [-0.1, -0.05) is 18.2 Å². The number of aromatic nitrogens is 4. The summed E-state index contributed by atoms with van der Waals surface area (Å²) in [4.78, 5) is 20.3. The lowest BCUT2D eigenvalue weighted by Crippen LogP contribution is -2.76. The standard InChI is InChI=1S/C23H21N7O/c1-2-4-17(5-3-1)31-20-9-6-16(12-24-20)28-22-21-18(25-15-26-22)7-8-19(29-21)30-13-23(14-30)10-11-27-23/h1-9,12,15,27H,10-11,13-14H2,(H,25,26,28). The number of para-hydroxylation sites is 1. The summed E-state index contributed by atoms with van der Waals surface area (Å²) in [6, 6.07) is 17.3. The van der Waals surface area contributed by atoms with Gasteiger partial charge >= 0.3 is 0 Å². The van der Waals surface area contributed by atoms with Gasteiger partial charge in [0.25, 0.3) is 0 Å². The number of rotatable bonds is 5. The van der Waals surface area contributed by atoms with E-state index in [-0.39, 0.29) is 0 Å². The molecule has 0 saturated carbocycles. The molecule has 154 valence electrons. The molecule has 2 aliphatic rings. The molecule has 31 heavy (non-hydrogen) atoms. The van der Waals surface area contributed by atoms with Gasteiger partial charge in [0.15, 0.2) is 5.82 Å². The van der Waals surface area contributed by atoms with Gasteiger partial charge in [0.05, 0.1) is 22.9 Å². The number of pyridine rings is 2. The highest BCUT2D eigenvalue weighted by atomic mass is 16.5. The molecule has 8 heteroatoms. The molecule has 0 radical (unpaired) electrons. The zero-order chi connectivity index (χ0) is 20.7. The summed E-state index contributed by atoms with van der Waals surface area (Å²) < 4.78 is 5.76. The number of nitrogens with one attached hydrogen (secondary N) is 2. The van der Waals surface area contributed by atoms with Crippen molar-refractivity contribution in [2.75, 3.05) is 29.9 Å². The fraction of sp³-hybridized carbons (Fsp3) is 0.217. The molecule has 0 unspecified atom stereocenters. The second kappa shape index (κ2) is 7.17. The maximum atomic E-state index is 5.76. The van der Waals surface area contributed by atoms with Crippen LogP contribution in [-0.4, -0.2) is 45.1 Å². The zero-order valence-electron chi connectivity index (χ0n) is 16.8. The van der Waals surface area contributed by atoms with Crippen molar-refractivity contribution in [3.05, 3.63) is 67.1 Å². The molecule has 0 bridgehead atoms. The highest BCUT2D eigenvalue weighted by molar-refractivity contribution is 5.88. The highest BCUT2D eigenvalue weighted by Gasteiger charge is 2.47. The van der Waals surface area contributed by atoms with E-state index in [0.717, 1.165) is 47.9 Å². The monoisotopic (exact) mass is 411 g/mol. The predicted molar refractivity (Wildman–Crippen MR) is 119 cm³/mol. The molecule has 0 amide bonds. The van der Waals surface area contributed by atoms with Crippen molar-refractivity contribution >= 4 is 28.4 Å². The Kier molecular flexibility index (Phi) is 4.17. The first-order chi connectivity index (χ1) is 15.3. The van der Waals surface area contributed by atoms with E-state index in [1.54, 1.807) is 12.5 Å². The van der Waals surface area contributed by atoms with Crippen LogP contribution in [0.2, 0.25) is 0 Å². The van der Waals surface area contributed by atoms with Crippen molar-refractivity contribution in [3.63, 3.8) is 0 Å². The lowest BCUT2D eigenvalue weighted by Gasteiger charge is -2.56. The Hall–Kier alpha value is -3.78. The summed E-state index contributed by atoms with van der Waals surface area (Å²) in [7, 11) is 0. The van der Waals surface area contributed by atoms with E-state index >= 15 is 0 Å². The molecule has 4 aromatic rings. The van der Waals surface area contributed by atoms with Gasteiger partial charge in [-0.15, -0.1) is 0 Å². The third-order valence-electron chi connectivity index (χ3n) is 5.85. The number of nitrogens with zero attached hydrogens (tertiary/aromatic N) is 5. The minimum atomic E-state index is 0.306. The third-order valence-corrected chi connectivity index (χ3v) is 5.85. The smallest absolute Gasteiger partial charge is 0.219 e. The fourth-order valence-corrected chi connectivity index (χ4v) is 4.05. The topological polar surface area (TPSA) is 88.1 Å².